The summed E-state index contributed by atoms with van der Waals surface area (Å²) in [6.45, 7) is 0. The Bertz CT molecular complexity index is 1290. The van der Waals surface area contributed by atoms with E-state index >= 15 is 0 Å². The van der Waals surface area contributed by atoms with Gasteiger partial charge in [-0.15, -0.1) is 0 Å². The number of rotatable bonds is 0. The molecule has 0 bridgehead atoms. The van der Waals surface area contributed by atoms with E-state index in [1.165, 1.54) is 0 Å². The van der Waals surface area contributed by atoms with Crippen LogP contribution in [0.15, 0.2) is 48.5 Å². The zero-order valence-corrected chi connectivity index (χ0v) is 14.0. The fourth-order valence-electron chi connectivity index (χ4n) is 3.85. The molecule has 5 heteroatoms. The molecule has 1 heterocycles. The summed E-state index contributed by atoms with van der Waals surface area (Å²) in [4.78, 5) is 21.7. The normalized spacial score (nSPS) is 16.3. The van der Waals surface area contributed by atoms with Crippen molar-refractivity contribution in [2.75, 3.05) is 0 Å². The van der Waals surface area contributed by atoms with E-state index in [9.17, 15) is 15.3 Å². The number of allylic oxidation sites excluding steroid dienone is 1. The quantitative estimate of drug-likeness (QED) is 0.456. The standard InChI is InChI=1S/C22H10N4O/c23-10-16-17(11-24)26-22-20(14-7-3-4-8-15(14)21(22)25-16)19-13-6-2-1-5-12(13)9-18(19)27/h1-8H,9H2/b20-19+. The molecule has 0 atom stereocenters. The zero-order chi connectivity index (χ0) is 18.5. The van der Waals surface area contributed by atoms with Crippen LogP contribution in [0, 0.1) is 22.7 Å². The van der Waals surface area contributed by atoms with Crippen molar-refractivity contribution in [2.45, 2.75) is 6.42 Å². The maximum Gasteiger partial charge on any atom is 0.177 e. The second-order valence-electron chi connectivity index (χ2n) is 6.39. The van der Waals surface area contributed by atoms with Gasteiger partial charge in [0, 0.05) is 23.1 Å². The van der Waals surface area contributed by atoms with Crippen LogP contribution in [-0.2, 0) is 11.2 Å². The first-order valence-corrected chi connectivity index (χ1v) is 8.41. The van der Waals surface area contributed by atoms with Crippen molar-refractivity contribution in [2.24, 2.45) is 0 Å². The van der Waals surface area contributed by atoms with Gasteiger partial charge in [0.15, 0.2) is 17.2 Å². The van der Waals surface area contributed by atoms with Gasteiger partial charge in [-0.25, -0.2) is 9.97 Å². The highest BCUT2D eigenvalue weighted by atomic mass is 16.1. The summed E-state index contributed by atoms with van der Waals surface area (Å²) in [5.74, 6) is 0.0264. The zero-order valence-electron chi connectivity index (χ0n) is 14.0. The molecular formula is C22H10N4O. The molecule has 0 unspecified atom stereocenters. The van der Waals surface area contributed by atoms with E-state index in [-0.39, 0.29) is 17.2 Å². The third-order valence-electron chi connectivity index (χ3n) is 4.96. The minimum Gasteiger partial charge on any atom is -0.294 e. The molecule has 3 aromatic rings. The number of nitrogens with zero attached hydrogens (tertiary/aromatic N) is 4. The number of aromatic nitrogens is 2. The van der Waals surface area contributed by atoms with Gasteiger partial charge in [-0.3, -0.25) is 4.79 Å². The van der Waals surface area contributed by atoms with Crippen LogP contribution in [0.2, 0.25) is 0 Å². The van der Waals surface area contributed by atoms with Gasteiger partial charge in [0.1, 0.15) is 12.1 Å². The van der Waals surface area contributed by atoms with Crippen LogP contribution < -0.4 is 0 Å². The molecule has 5 nitrogen and oxygen atoms in total. The van der Waals surface area contributed by atoms with Crippen molar-refractivity contribution in [3.63, 3.8) is 0 Å². The van der Waals surface area contributed by atoms with Crippen molar-refractivity contribution in [1.82, 2.24) is 9.97 Å². The van der Waals surface area contributed by atoms with Gasteiger partial charge in [0.25, 0.3) is 0 Å². The minimum absolute atomic E-state index is 0.00421. The number of hydrogen-bond donors (Lipinski definition) is 0. The van der Waals surface area contributed by atoms with Crippen molar-refractivity contribution >= 4 is 16.9 Å². The highest BCUT2D eigenvalue weighted by Gasteiger charge is 2.35. The van der Waals surface area contributed by atoms with Crippen LogP contribution in [0.3, 0.4) is 0 Å². The lowest BCUT2D eigenvalue weighted by Gasteiger charge is -2.08. The Balaban J connectivity index is 1.93. The minimum atomic E-state index is -0.0270. The van der Waals surface area contributed by atoms with E-state index in [0.29, 0.717) is 29.0 Å². The monoisotopic (exact) mass is 346 g/mol. The second kappa shape index (κ2) is 5.45. The molecule has 2 aliphatic carbocycles. The second-order valence-corrected chi connectivity index (χ2v) is 6.39. The average Bonchev–Trinajstić information content (AvgIpc) is 3.20. The predicted molar refractivity (Wildman–Crippen MR) is 98.0 cm³/mol. The van der Waals surface area contributed by atoms with Gasteiger partial charge >= 0.3 is 0 Å². The van der Waals surface area contributed by atoms with Gasteiger partial charge in [-0.1, -0.05) is 48.5 Å². The molecule has 0 fully saturated rings. The van der Waals surface area contributed by atoms with E-state index in [1.54, 1.807) is 0 Å². The van der Waals surface area contributed by atoms with Crippen molar-refractivity contribution in [1.29, 1.82) is 10.5 Å². The number of benzene rings is 2. The van der Waals surface area contributed by atoms with Gasteiger partial charge < -0.3 is 0 Å². The lowest BCUT2D eigenvalue weighted by molar-refractivity contribution is -0.112. The topological polar surface area (TPSA) is 90.4 Å². The first kappa shape index (κ1) is 15.2. The van der Waals surface area contributed by atoms with E-state index in [4.69, 9.17) is 0 Å². The Kier molecular flexibility index (Phi) is 3.07. The Morgan fingerprint density at radius 1 is 0.741 bits per heavy atom. The van der Waals surface area contributed by atoms with Crippen molar-refractivity contribution in [3.8, 4) is 23.4 Å². The van der Waals surface area contributed by atoms with E-state index in [1.807, 2.05) is 60.7 Å². The van der Waals surface area contributed by atoms with Crippen LogP contribution in [0.4, 0.5) is 0 Å². The number of carbonyl (C=O) groups excluding carboxylic acids is 1. The molecule has 0 amide bonds. The fraction of sp³-hybridized carbons (Fsp3) is 0.0455. The number of nitriles is 2. The van der Waals surface area contributed by atoms with Crippen LogP contribution in [0.5, 0.6) is 0 Å². The molecule has 0 aliphatic heterocycles. The summed E-state index contributed by atoms with van der Waals surface area (Å²) >= 11 is 0. The van der Waals surface area contributed by atoms with Gasteiger partial charge in [0.2, 0.25) is 0 Å². The van der Waals surface area contributed by atoms with Crippen LogP contribution in [0.25, 0.3) is 22.4 Å². The number of ketones is 1. The first-order chi connectivity index (χ1) is 13.2. The number of fused-ring (bicyclic) bond motifs is 4. The molecule has 1 aromatic heterocycles. The molecular weight excluding hydrogens is 336 g/mol. The predicted octanol–water partition coefficient (Wildman–Crippen LogP) is 3.28. The average molecular weight is 346 g/mol. The molecule has 0 saturated heterocycles. The molecule has 2 aliphatic rings. The van der Waals surface area contributed by atoms with Crippen LogP contribution >= 0.6 is 0 Å². The lowest BCUT2D eigenvalue weighted by atomic mass is 9.96. The Morgan fingerprint density at radius 3 is 2.04 bits per heavy atom. The Hall–Kier alpha value is -4.09. The fourth-order valence-corrected chi connectivity index (χ4v) is 3.85. The highest BCUT2D eigenvalue weighted by molar-refractivity contribution is 6.34. The number of hydrogen-bond acceptors (Lipinski definition) is 5. The molecule has 0 radical (unpaired) electrons. The van der Waals surface area contributed by atoms with E-state index < -0.39 is 0 Å². The SMILES string of the molecule is N#Cc1nc2c(nc1C#N)-c1ccccc1/C2=C1\C(=O)Cc2ccccc21. The van der Waals surface area contributed by atoms with Crippen LogP contribution in [0.1, 0.15) is 33.8 Å². The van der Waals surface area contributed by atoms with E-state index in [0.717, 1.165) is 22.3 Å². The summed E-state index contributed by atoms with van der Waals surface area (Å²) in [7, 11) is 0. The molecule has 27 heavy (non-hydrogen) atoms. The first-order valence-electron chi connectivity index (χ1n) is 8.41. The highest BCUT2D eigenvalue weighted by Crippen LogP contribution is 2.48. The molecule has 124 valence electrons. The molecule has 5 rings (SSSR count). The molecule has 0 spiro atoms. The lowest BCUT2D eigenvalue weighted by Crippen LogP contribution is -2.02. The third-order valence-corrected chi connectivity index (χ3v) is 4.96. The molecule has 0 N–H and O–H groups in total. The maximum absolute atomic E-state index is 12.9. The molecule has 0 saturated carbocycles. The van der Waals surface area contributed by atoms with Crippen molar-refractivity contribution in [3.05, 3.63) is 82.3 Å². The van der Waals surface area contributed by atoms with Gasteiger partial charge in [-0.05, 0) is 16.7 Å². The Morgan fingerprint density at radius 2 is 1.33 bits per heavy atom. The Labute approximate surface area is 154 Å². The largest absolute Gasteiger partial charge is 0.294 e. The molecule has 2 aromatic carbocycles. The summed E-state index contributed by atoms with van der Waals surface area (Å²) in [6, 6.07) is 19.2. The third kappa shape index (κ3) is 2.00. The van der Waals surface area contributed by atoms with Crippen LogP contribution in [-0.4, -0.2) is 15.8 Å². The van der Waals surface area contributed by atoms with Crippen molar-refractivity contribution < 1.29 is 4.79 Å². The van der Waals surface area contributed by atoms with Gasteiger partial charge in [-0.2, -0.15) is 10.5 Å². The summed E-state index contributed by atoms with van der Waals surface area (Å²) < 4.78 is 0. The number of Topliss-reactive ketones (excluding diaryl/α,β-unsaturated/α-hetero) is 1. The van der Waals surface area contributed by atoms with Gasteiger partial charge in [0.05, 0.1) is 11.4 Å². The van der Waals surface area contributed by atoms with E-state index in [2.05, 4.69) is 9.97 Å². The number of carbonyl (C=O) groups is 1. The maximum atomic E-state index is 12.9. The summed E-state index contributed by atoms with van der Waals surface area (Å²) in [5.41, 5.74) is 5.86. The summed E-state index contributed by atoms with van der Waals surface area (Å²) in [5, 5.41) is 18.7. The summed E-state index contributed by atoms with van der Waals surface area (Å²) in [6.07, 6.45) is 0.349. The smallest absolute Gasteiger partial charge is 0.177 e.